The molecular weight excluding hydrogens is 336 g/mol. The normalized spacial score (nSPS) is 35.9. The second-order valence-corrected chi connectivity index (χ2v) is 9.86. The van der Waals surface area contributed by atoms with Crippen molar-refractivity contribution in [3.63, 3.8) is 0 Å². The Morgan fingerprint density at radius 2 is 1.77 bits per heavy atom. The molecule has 0 aromatic rings. The Morgan fingerprint density at radius 1 is 1.19 bits per heavy atom. The van der Waals surface area contributed by atoms with Crippen molar-refractivity contribution >= 4 is 17.8 Å². The molecule has 0 aromatic carbocycles. The van der Waals surface area contributed by atoms with Gasteiger partial charge in [0.25, 0.3) is 0 Å². The fraction of sp³-hybridized carbons (Fsp3) is 0.842. The van der Waals surface area contributed by atoms with Crippen LogP contribution in [0.5, 0.6) is 0 Å². The van der Waals surface area contributed by atoms with E-state index in [1.165, 1.54) is 4.90 Å². The van der Waals surface area contributed by atoms with E-state index in [0.29, 0.717) is 19.4 Å². The van der Waals surface area contributed by atoms with Crippen LogP contribution in [-0.2, 0) is 14.4 Å². The molecule has 3 rings (SSSR count). The van der Waals surface area contributed by atoms with Crippen LogP contribution in [0.15, 0.2) is 0 Å². The maximum atomic E-state index is 13.2. The fourth-order valence-corrected chi connectivity index (χ4v) is 4.67. The highest BCUT2D eigenvalue weighted by molar-refractivity contribution is 5.92. The Bertz CT molecular complexity index is 632. The van der Waals surface area contributed by atoms with E-state index in [0.717, 1.165) is 0 Å². The van der Waals surface area contributed by atoms with Crippen molar-refractivity contribution < 1.29 is 24.6 Å². The number of aliphatic hydroxyl groups excluding tert-OH is 1. The zero-order chi connectivity index (χ0) is 19.6. The number of carboxylic acids is 1. The summed E-state index contributed by atoms with van der Waals surface area (Å²) in [4.78, 5) is 38.9. The van der Waals surface area contributed by atoms with E-state index in [1.54, 1.807) is 0 Å². The minimum atomic E-state index is -0.975. The van der Waals surface area contributed by atoms with Gasteiger partial charge in [0.1, 0.15) is 12.1 Å². The van der Waals surface area contributed by atoms with Crippen LogP contribution in [0.3, 0.4) is 0 Å². The topological polar surface area (TPSA) is 107 Å². The molecule has 0 spiro atoms. The van der Waals surface area contributed by atoms with Gasteiger partial charge in [-0.05, 0) is 29.6 Å². The Kier molecular flexibility index (Phi) is 4.37. The first kappa shape index (κ1) is 19.1. The molecule has 4 atom stereocenters. The van der Waals surface area contributed by atoms with E-state index in [2.05, 4.69) is 5.32 Å². The van der Waals surface area contributed by atoms with Gasteiger partial charge in [0.2, 0.25) is 11.8 Å². The third kappa shape index (κ3) is 3.00. The Labute approximate surface area is 154 Å². The van der Waals surface area contributed by atoms with Crippen LogP contribution in [0.2, 0.25) is 0 Å². The third-order valence-corrected chi connectivity index (χ3v) is 6.63. The standard InChI is InChI=1S/C19H30N2O5/c1-18(2,3)14(20-15(23)9-6-10(22)7-9)16(24)21-8-11-12(19(11,4)5)13(21)17(25)26/h9-14,22H,6-8H2,1-5H3,(H,20,23)(H,25,26)/t9?,10?,11-,12-,13-,14?/m0/s1. The van der Waals surface area contributed by atoms with E-state index in [-0.39, 0.29) is 35.0 Å². The molecule has 2 aliphatic carbocycles. The molecule has 3 N–H and O–H groups in total. The summed E-state index contributed by atoms with van der Waals surface area (Å²) in [6, 6.07) is -1.61. The number of carbonyl (C=O) groups is 3. The number of nitrogens with one attached hydrogen (secondary N) is 1. The lowest BCUT2D eigenvalue weighted by Gasteiger charge is -2.38. The molecule has 1 aliphatic heterocycles. The zero-order valence-electron chi connectivity index (χ0n) is 16.2. The first-order valence-corrected chi connectivity index (χ1v) is 9.37. The lowest BCUT2D eigenvalue weighted by molar-refractivity contribution is -0.153. The third-order valence-electron chi connectivity index (χ3n) is 6.63. The largest absolute Gasteiger partial charge is 0.480 e. The van der Waals surface area contributed by atoms with Gasteiger partial charge in [-0.1, -0.05) is 34.6 Å². The van der Waals surface area contributed by atoms with Gasteiger partial charge in [0.05, 0.1) is 6.10 Å². The molecule has 146 valence electrons. The van der Waals surface area contributed by atoms with Crippen molar-refractivity contribution in [2.75, 3.05) is 6.54 Å². The molecule has 1 saturated heterocycles. The average Bonchev–Trinajstić information content (AvgIpc) is 2.85. The quantitative estimate of drug-likeness (QED) is 0.684. The predicted molar refractivity (Wildman–Crippen MR) is 94.0 cm³/mol. The van der Waals surface area contributed by atoms with Crippen molar-refractivity contribution in [2.24, 2.45) is 28.6 Å². The molecule has 1 heterocycles. The van der Waals surface area contributed by atoms with Crippen molar-refractivity contribution in [2.45, 2.75) is 65.6 Å². The first-order valence-electron chi connectivity index (χ1n) is 9.37. The molecule has 7 heteroatoms. The molecule has 26 heavy (non-hydrogen) atoms. The van der Waals surface area contributed by atoms with E-state index < -0.39 is 29.6 Å². The number of amides is 2. The maximum absolute atomic E-state index is 13.2. The summed E-state index contributed by atoms with van der Waals surface area (Å²) >= 11 is 0. The van der Waals surface area contributed by atoms with Crippen molar-refractivity contribution in [3.8, 4) is 0 Å². The van der Waals surface area contributed by atoms with Gasteiger partial charge in [0, 0.05) is 18.4 Å². The summed E-state index contributed by atoms with van der Waals surface area (Å²) in [7, 11) is 0. The SMILES string of the molecule is CC(C)(C)C(NC(=O)C1CC(O)C1)C(=O)N1C[C@H]2[C@@H]([C@H]1C(=O)O)C2(C)C. The minimum absolute atomic E-state index is 0.0259. The number of rotatable bonds is 4. The number of fused-ring (bicyclic) bond motifs is 1. The highest BCUT2D eigenvalue weighted by atomic mass is 16.4. The van der Waals surface area contributed by atoms with Crippen molar-refractivity contribution in [1.82, 2.24) is 10.2 Å². The molecule has 3 aliphatic rings. The number of piperidine rings is 1. The summed E-state index contributed by atoms with van der Waals surface area (Å²) < 4.78 is 0. The average molecular weight is 366 g/mol. The van der Waals surface area contributed by atoms with Gasteiger partial charge < -0.3 is 20.4 Å². The minimum Gasteiger partial charge on any atom is -0.480 e. The van der Waals surface area contributed by atoms with Gasteiger partial charge >= 0.3 is 5.97 Å². The van der Waals surface area contributed by atoms with Crippen molar-refractivity contribution in [3.05, 3.63) is 0 Å². The van der Waals surface area contributed by atoms with Crippen LogP contribution in [0.1, 0.15) is 47.5 Å². The zero-order valence-corrected chi connectivity index (χ0v) is 16.2. The molecule has 0 aromatic heterocycles. The van der Waals surface area contributed by atoms with Crippen LogP contribution < -0.4 is 5.32 Å². The first-order chi connectivity index (χ1) is 11.9. The Balaban J connectivity index is 1.76. The van der Waals surface area contributed by atoms with E-state index in [9.17, 15) is 24.6 Å². The molecule has 2 amide bonds. The molecule has 1 unspecified atom stereocenters. The molecule has 2 saturated carbocycles. The number of hydrogen-bond donors (Lipinski definition) is 3. The number of likely N-dealkylation sites (tertiary alicyclic amines) is 1. The predicted octanol–water partition coefficient (Wildman–Crippen LogP) is 0.856. The number of carboxylic acid groups (broad SMARTS) is 1. The van der Waals surface area contributed by atoms with E-state index in [4.69, 9.17) is 0 Å². The van der Waals surface area contributed by atoms with Crippen LogP contribution in [0, 0.1) is 28.6 Å². The van der Waals surface area contributed by atoms with Gasteiger partial charge in [0.15, 0.2) is 0 Å². The van der Waals surface area contributed by atoms with Gasteiger partial charge in [-0.25, -0.2) is 4.79 Å². The van der Waals surface area contributed by atoms with Crippen LogP contribution in [0.4, 0.5) is 0 Å². The maximum Gasteiger partial charge on any atom is 0.326 e. The Hall–Kier alpha value is -1.63. The number of aliphatic carboxylic acids is 1. The summed E-state index contributed by atoms with van der Waals surface area (Å²) in [6.45, 7) is 10.1. The summed E-state index contributed by atoms with van der Waals surface area (Å²) in [5.41, 5.74) is -0.594. The lowest BCUT2D eigenvalue weighted by atomic mass is 9.80. The van der Waals surface area contributed by atoms with Crippen LogP contribution in [0.25, 0.3) is 0 Å². The molecule has 0 radical (unpaired) electrons. The van der Waals surface area contributed by atoms with E-state index in [1.807, 2.05) is 34.6 Å². The molecule has 0 bridgehead atoms. The summed E-state index contributed by atoms with van der Waals surface area (Å²) in [5.74, 6) is -1.63. The second kappa shape index (κ2) is 5.94. The fourth-order valence-electron chi connectivity index (χ4n) is 4.67. The molecular formula is C19H30N2O5. The number of aliphatic hydroxyl groups is 1. The molecule has 3 fully saturated rings. The molecule has 7 nitrogen and oxygen atoms in total. The second-order valence-electron chi connectivity index (χ2n) is 9.86. The van der Waals surface area contributed by atoms with Crippen LogP contribution >= 0.6 is 0 Å². The van der Waals surface area contributed by atoms with Gasteiger partial charge in [-0.3, -0.25) is 9.59 Å². The summed E-state index contributed by atoms with van der Waals surface area (Å²) in [5, 5.41) is 21.9. The number of nitrogens with zero attached hydrogens (tertiary/aromatic N) is 1. The smallest absolute Gasteiger partial charge is 0.326 e. The highest BCUT2D eigenvalue weighted by Crippen LogP contribution is 2.65. The highest BCUT2D eigenvalue weighted by Gasteiger charge is 2.70. The van der Waals surface area contributed by atoms with Gasteiger partial charge in [-0.2, -0.15) is 0 Å². The van der Waals surface area contributed by atoms with Crippen LogP contribution in [-0.4, -0.2) is 57.6 Å². The Morgan fingerprint density at radius 3 is 2.23 bits per heavy atom. The number of carbonyl (C=O) groups excluding carboxylic acids is 2. The monoisotopic (exact) mass is 366 g/mol. The van der Waals surface area contributed by atoms with E-state index >= 15 is 0 Å². The van der Waals surface area contributed by atoms with Crippen molar-refractivity contribution in [1.29, 1.82) is 0 Å². The number of hydrogen-bond acceptors (Lipinski definition) is 4. The lowest BCUT2D eigenvalue weighted by Crippen LogP contribution is -2.59. The summed E-state index contributed by atoms with van der Waals surface area (Å²) in [6.07, 6.45) is 0.381. The van der Waals surface area contributed by atoms with Gasteiger partial charge in [-0.15, -0.1) is 0 Å².